The molecular formula is C15H20FN3. The summed E-state index contributed by atoms with van der Waals surface area (Å²) in [5.74, 6) is -0.460. The van der Waals surface area contributed by atoms with Crippen molar-refractivity contribution in [3.8, 4) is 6.07 Å². The highest BCUT2D eigenvalue weighted by atomic mass is 19.1. The van der Waals surface area contributed by atoms with E-state index in [1.165, 1.54) is 31.4 Å². The lowest BCUT2D eigenvalue weighted by atomic mass is 10.1. The largest absolute Gasteiger partial charge is 0.383 e. The molecule has 1 aromatic rings. The molecule has 1 fully saturated rings. The van der Waals surface area contributed by atoms with E-state index in [0.717, 1.165) is 25.3 Å². The molecule has 0 aromatic heterocycles. The Labute approximate surface area is 114 Å². The van der Waals surface area contributed by atoms with Gasteiger partial charge in [-0.1, -0.05) is 6.42 Å². The van der Waals surface area contributed by atoms with Gasteiger partial charge < -0.3 is 5.32 Å². The standard InChI is InChI=1S/C15H20FN3/c1-12(19-7-3-2-4-8-19)11-18-14-6-5-13(10-17)15(16)9-14/h5-6,9,12,18H,2-4,7-8,11H2,1H3. The number of nitriles is 1. The van der Waals surface area contributed by atoms with Gasteiger partial charge in [0.05, 0.1) is 5.56 Å². The van der Waals surface area contributed by atoms with Crippen molar-refractivity contribution in [3.63, 3.8) is 0 Å². The van der Waals surface area contributed by atoms with Gasteiger partial charge in [-0.3, -0.25) is 4.90 Å². The Balaban J connectivity index is 1.88. The Morgan fingerprint density at radius 3 is 2.74 bits per heavy atom. The second-order valence-corrected chi connectivity index (χ2v) is 5.13. The van der Waals surface area contributed by atoms with Crippen molar-refractivity contribution < 1.29 is 4.39 Å². The monoisotopic (exact) mass is 261 g/mol. The number of piperidine rings is 1. The maximum absolute atomic E-state index is 13.5. The second kappa shape index (κ2) is 6.53. The first kappa shape index (κ1) is 13.8. The van der Waals surface area contributed by atoms with Crippen LogP contribution in [0.1, 0.15) is 31.7 Å². The minimum atomic E-state index is -0.460. The second-order valence-electron chi connectivity index (χ2n) is 5.13. The normalized spacial score (nSPS) is 17.7. The fraction of sp³-hybridized carbons (Fsp3) is 0.533. The van der Waals surface area contributed by atoms with Crippen molar-refractivity contribution in [2.45, 2.75) is 32.2 Å². The van der Waals surface area contributed by atoms with Gasteiger partial charge in [-0.2, -0.15) is 5.26 Å². The highest BCUT2D eigenvalue weighted by molar-refractivity contribution is 5.48. The lowest BCUT2D eigenvalue weighted by molar-refractivity contribution is 0.180. The Bertz CT molecular complexity index is 461. The number of hydrogen-bond acceptors (Lipinski definition) is 3. The number of hydrogen-bond donors (Lipinski definition) is 1. The van der Waals surface area contributed by atoms with Crippen LogP contribution in [0.4, 0.5) is 10.1 Å². The molecule has 0 saturated carbocycles. The Kier molecular flexibility index (Phi) is 4.75. The molecule has 0 aliphatic carbocycles. The molecule has 1 aromatic carbocycles. The molecule has 102 valence electrons. The van der Waals surface area contributed by atoms with Crippen molar-refractivity contribution in [2.24, 2.45) is 0 Å². The lowest BCUT2D eigenvalue weighted by Crippen LogP contribution is -2.41. The van der Waals surface area contributed by atoms with Crippen LogP contribution in [0.2, 0.25) is 0 Å². The SMILES string of the molecule is CC(CNc1ccc(C#N)c(F)c1)N1CCCCC1. The van der Waals surface area contributed by atoms with Crippen LogP contribution in [0, 0.1) is 17.1 Å². The van der Waals surface area contributed by atoms with Crippen LogP contribution >= 0.6 is 0 Å². The maximum Gasteiger partial charge on any atom is 0.143 e. The number of benzene rings is 1. The first-order valence-electron chi connectivity index (χ1n) is 6.88. The summed E-state index contributed by atoms with van der Waals surface area (Å²) >= 11 is 0. The molecule has 1 heterocycles. The third-order valence-corrected chi connectivity index (χ3v) is 3.71. The Morgan fingerprint density at radius 2 is 2.11 bits per heavy atom. The highest BCUT2D eigenvalue weighted by Crippen LogP contribution is 2.15. The van der Waals surface area contributed by atoms with Crippen molar-refractivity contribution >= 4 is 5.69 Å². The van der Waals surface area contributed by atoms with Crippen molar-refractivity contribution in [1.82, 2.24) is 4.90 Å². The zero-order chi connectivity index (χ0) is 13.7. The molecule has 2 rings (SSSR count). The van der Waals surface area contributed by atoms with E-state index >= 15 is 0 Å². The van der Waals surface area contributed by atoms with Crippen molar-refractivity contribution in [2.75, 3.05) is 25.0 Å². The zero-order valence-electron chi connectivity index (χ0n) is 11.3. The van der Waals surface area contributed by atoms with Crippen LogP contribution in [0.15, 0.2) is 18.2 Å². The van der Waals surface area contributed by atoms with Gasteiger partial charge >= 0.3 is 0 Å². The van der Waals surface area contributed by atoms with Gasteiger partial charge in [-0.05, 0) is 51.1 Å². The summed E-state index contributed by atoms with van der Waals surface area (Å²) in [5.41, 5.74) is 0.829. The summed E-state index contributed by atoms with van der Waals surface area (Å²) in [4.78, 5) is 2.47. The van der Waals surface area contributed by atoms with Gasteiger partial charge in [0.15, 0.2) is 0 Å². The number of nitrogens with one attached hydrogen (secondary N) is 1. The van der Waals surface area contributed by atoms with Gasteiger partial charge in [0, 0.05) is 18.3 Å². The average molecular weight is 261 g/mol. The van der Waals surface area contributed by atoms with Crippen LogP contribution in [0.25, 0.3) is 0 Å². The van der Waals surface area contributed by atoms with E-state index in [1.54, 1.807) is 6.07 Å². The number of nitrogens with zero attached hydrogens (tertiary/aromatic N) is 2. The van der Waals surface area contributed by atoms with Crippen LogP contribution in [-0.4, -0.2) is 30.6 Å². The maximum atomic E-state index is 13.5. The molecule has 1 aliphatic heterocycles. The summed E-state index contributed by atoms with van der Waals surface area (Å²) in [5, 5.41) is 11.9. The predicted molar refractivity (Wildman–Crippen MR) is 74.5 cm³/mol. The number of rotatable bonds is 4. The van der Waals surface area contributed by atoms with E-state index in [0.29, 0.717) is 6.04 Å². The molecule has 1 saturated heterocycles. The van der Waals surface area contributed by atoms with Gasteiger partial charge in [0.2, 0.25) is 0 Å². The predicted octanol–water partition coefficient (Wildman–Crippen LogP) is 2.98. The molecule has 4 heteroatoms. The Morgan fingerprint density at radius 1 is 1.37 bits per heavy atom. The minimum absolute atomic E-state index is 0.0922. The molecular weight excluding hydrogens is 241 g/mol. The first-order valence-corrected chi connectivity index (χ1v) is 6.88. The summed E-state index contributed by atoms with van der Waals surface area (Å²) in [6.45, 7) is 5.30. The molecule has 0 bridgehead atoms. The molecule has 1 N–H and O–H groups in total. The van der Waals surface area contributed by atoms with E-state index in [2.05, 4.69) is 17.1 Å². The van der Waals surface area contributed by atoms with E-state index < -0.39 is 5.82 Å². The molecule has 1 atom stereocenters. The summed E-state index contributed by atoms with van der Waals surface area (Å²) in [7, 11) is 0. The smallest absolute Gasteiger partial charge is 0.143 e. The highest BCUT2D eigenvalue weighted by Gasteiger charge is 2.16. The number of likely N-dealkylation sites (tertiary alicyclic amines) is 1. The molecule has 19 heavy (non-hydrogen) atoms. The number of anilines is 1. The number of halogens is 1. The van der Waals surface area contributed by atoms with Crippen molar-refractivity contribution in [1.29, 1.82) is 5.26 Å². The lowest BCUT2D eigenvalue weighted by Gasteiger charge is -2.32. The molecule has 1 unspecified atom stereocenters. The van der Waals surface area contributed by atoms with Crippen LogP contribution in [-0.2, 0) is 0 Å². The zero-order valence-corrected chi connectivity index (χ0v) is 11.3. The van der Waals surface area contributed by atoms with E-state index in [1.807, 2.05) is 6.07 Å². The van der Waals surface area contributed by atoms with Crippen LogP contribution in [0.5, 0.6) is 0 Å². The minimum Gasteiger partial charge on any atom is -0.383 e. The summed E-state index contributed by atoms with van der Waals surface area (Å²) in [6.07, 6.45) is 3.88. The van der Waals surface area contributed by atoms with Crippen molar-refractivity contribution in [3.05, 3.63) is 29.6 Å². The molecule has 0 amide bonds. The topological polar surface area (TPSA) is 39.1 Å². The molecule has 0 spiro atoms. The molecule has 0 radical (unpaired) electrons. The first-order chi connectivity index (χ1) is 9.20. The van der Waals surface area contributed by atoms with Gasteiger partial charge in [-0.15, -0.1) is 0 Å². The molecule has 3 nitrogen and oxygen atoms in total. The third kappa shape index (κ3) is 3.68. The fourth-order valence-corrected chi connectivity index (χ4v) is 2.47. The van der Waals surface area contributed by atoms with Gasteiger partial charge in [0.25, 0.3) is 0 Å². The van der Waals surface area contributed by atoms with Crippen LogP contribution in [0.3, 0.4) is 0 Å². The van der Waals surface area contributed by atoms with Gasteiger partial charge in [-0.25, -0.2) is 4.39 Å². The summed E-state index contributed by atoms with van der Waals surface area (Å²) < 4.78 is 13.5. The van der Waals surface area contributed by atoms with Gasteiger partial charge in [0.1, 0.15) is 11.9 Å². The summed E-state index contributed by atoms with van der Waals surface area (Å²) in [6, 6.07) is 6.93. The fourth-order valence-electron chi connectivity index (χ4n) is 2.47. The van der Waals surface area contributed by atoms with E-state index in [-0.39, 0.29) is 5.56 Å². The van der Waals surface area contributed by atoms with Crippen LogP contribution < -0.4 is 5.32 Å². The van der Waals surface area contributed by atoms with E-state index in [4.69, 9.17) is 5.26 Å². The average Bonchev–Trinajstić information content (AvgIpc) is 2.46. The molecule has 1 aliphatic rings. The quantitative estimate of drug-likeness (QED) is 0.905. The Hall–Kier alpha value is -1.60. The third-order valence-electron chi connectivity index (χ3n) is 3.71. The van der Waals surface area contributed by atoms with E-state index in [9.17, 15) is 4.39 Å².